The van der Waals surface area contributed by atoms with Gasteiger partial charge in [-0.3, -0.25) is 14.9 Å². The lowest BCUT2D eigenvalue weighted by Gasteiger charge is -2.07. The van der Waals surface area contributed by atoms with E-state index in [2.05, 4.69) is 26.5 Å². The Bertz CT molecular complexity index is 823. The molecule has 124 valence electrons. The number of hydrazone groups is 1. The van der Waals surface area contributed by atoms with Crippen LogP contribution in [0.2, 0.25) is 0 Å². The van der Waals surface area contributed by atoms with Crippen LogP contribution in [0.15, 0.2) is 46.0 Å². The normalized spacial score (nSPS) is 10.6. The van der Waals surface area contributed by atoms with Crippen molar-refractivity contribution in [2.45, 2.75) is 0 Å². The zero-order chi connectivity index (χ0) is 17.7. The largest absolute Gasteiger partial charge is 0.502 e. The number of amides is 1. The van der Waals surface area contributed by atoms with Crippen molar-refractivity contribution in [3.63, 3.8) is 0 Å². The SMILES string of the molecule is COc1ccc(Br)cc1C(=O)N/N=C\c1ccc(O)c([N+](=O)[O-])c1. The van der Waals surface area contributed by atoms with Gasteiger partial charge >= 0.3 is 5.69 Å². The van der Waals surface area contributed by atoms with Gasteiger partial charge in [0, 0.05) is 16.1 Å². The van der Waals surface area contributed by atoms with Crippen LogP contribution in [0.5, 0.6) is 11.5 Å². The van der Waals surface area contributed by atoms with Gasteiger partial charge in [-0.15, -0.1) is 0 Å². The minimum Gasteiger partial charge on any atom is -0.502 e. The Labute approximate surface area is 145 Å². The summed E-state index contributed by atoms with van der Waals surface area (Å²) in [5, 5.41) is 23.9. The van der Waals surface area contributed by atoms with Crippen molar-refractivity contribution in [3.8, 4) is 11.5 Å². The Hall–Kier alpha value is -2.94. The highest BCUT2D eigenvalue weighted by atomic mass is 79.9. The summed E-state index contributed by atoms with van der Waals surface area (Å²) in [4.78, 5) is 22.2. The Morgan fingerprint density at radius 2 is 2.12 bits per heavy atom. The molecule has 2 N–H and O–H groups in total. The summed E-state index contributed by atoms with van der Waals surface area (Å²) in [6, 6.07) is 8.69. The number of benzene rings is 2. The maximum absolute atomic E-state index is 12.1. The van der Waals surface area contributed by atoms with Crippen LogP contribution in [-0.2, 0) is 0 Å². The van der Waals surface area contributed by atoms with Crippen molar-refractivity contribution >= 4 is 33.7 Å². The van der Waals surface area contributed by atoms with Crippen molar-refractivity contribution in [2.24, 2.45) is 5.10 Å². The van der Waals surface area contributed by atoms with Crippen LogP contribution in [0.25, 0.3) is 0 Å². The van der Waals surface area contributed by atoms with E-state index in [1.54, 1.807) is 18.2 Å². The topological polar surface area (TPSA) is 114 Å². The van der Waals surface area contributed by atoms with E-state index in [4.69, 9.17) is 4.74 Å². The number of rotatable bonds is 5. The lowest BCUT2D eigenvalue weighted by Crippen LogP contribution is -2.18. The highest BCUT2D eigenvalue weighted by Crippen LogP contribution is 2.25. The Balaban J connectivity index is 2.15. The van der Waals surface area contributed by atoms with Gasteiger partial charge in [0.1, 0.15) is 5.75 Å². The average molecular weight is 394 g/mol. The van der Waals surface area contributed by atoms with E-state index in [1.807, 2.05) is 0 Å². The van der Waals surface area contributed by atoms with Gasteiger partial charge in [0.2, 0.25) is 0 Å². The fraction of sp³-hybridized carbons (Fsp3) is 0.0667. The molecule has 0 atom stereocenters. The molecule has 24 heavy (non-hydrogen) atoms. The van der Waals surface area contributed by atoms with E-state index in [1.165, 1.54) is 25.5 Å². The third-order valence-corrected chi connectivity index (χ3v) is 3.48. The average Bonchev–Trinajstić information content (AvgIpc) is 2.56. The minimum absolute atomic E-state index is 0.278. The molecule has 0 radical (unpaired) electrons. The summed E-state index contributed by atoms with van der Waals surface area (Å²) in [7, 11) is 1.44. The highest BCUT2D eigenvalue weighted by molar-refractivity contribution is 9.10. The number of methoxy groups -OCH3 is 1. The number of phenolic OH excluding ortho intramolecular Hbond substituents is 1. The maximum atomic E-state index is 12.1. The molecule has 0 saturated carbocycles. The molecule has 0 aliphatic carbocycles. The van der Waals surface area contributed by atoms with Gasteiger partial charge in [-0.2, -0.15) is 5.10 Å². The van der Waals surface area contributed by atoms with Crippen LogP contribution in [0.4, 0.5) is 5.69 Å². The molecule has 1 amide bonds. The molecule has 0 unspecified atom stereocenters. The van der Waals surface area contributed by atoms with Crippen LogP contribution in [0.1, 0.15) is 15.9 Å². The Morgan fingerprint density at radius 3 is 2.79 bits per heavy atom. The minimum atomic E-state index is -0.711. The molecule has 0 aliphatic rings. The lowest BCUT2D eigenvalue weighted by molar-refractivity contribution is -0.385. The predicted octanol–water partition coefficient (Wildman–Crippen LogP) is 2.84. The van der Waals surface area contributed by atoms with Crippen LogP contribution < -0.4 is 10.2 Å². The summed E-state index contributed by atoms with van der Waals surface area (Å²) in [6.45, 7) is 0. The summed E-state index contributed by atoms with van der Waals surface area (Å²) in [5.74, 6) is -0.566. The number of nitrogens with one attached hydrogen (secondary N) is 1. The smallest absolute Gasteiger partial charge is 0.311 e. The molecule has 9 heteroatoms. The van der Waals surface area contributed by atoms with Gasteiger partial charge < -0.3 is 9.84 Å². The van der Waals surface area contributed by atoms with E-state index in [0.29, 0.717) is 15.8 Å². The van der Waals surface area contributed by atoms with E-state index in [0.717, 1.165) is 6.07 Å². The zero-order valence-corrected chi connectivity index (χ0v) is 14.0. The number of hydrogen-bond acceptors (Lipinski definition) is 6. The van der Waals surface area contributed by atoms with Gasteiger partial charge in [-0.1, -0.05) is 15.9 Å². The Kier molecular flexibility index (Phi) is 5.48. The fourth-order valence-corrected chi connectivity index (χ4v) is 2.21. The van der Waals surface area contributed by atoms with Gasteiger partial charge in [-0.25, -0.2) is 5.43 Å². The molecule has 2 aromatic carbocycles. The number of nitrogens with zero attached hydrogens (tertiary/aromatic N) is 2. The first-order chi connectivity index (χ1) is 11.4. The van der Waals surface area contributed by atoms with Gasteiger partial charge in [-0.05, 0) is 30.3 Å². The molecule has 8 nitrogen and oxygen atoms in total. The van der Waals surface area contributed by atoms with Crippen LogP contribution >= 0.6 is 15.9 Å². The summed E-state index contributed by atoms with van der Waals surface area (Å²) < 4.78 is 5.81. The summed E-state index contributed by atoms with van der Waals surface area (Å²) in [6.07, 6.45) is 1.23. The predicted molar refractivity (Wildman–Crippen MR) is 90.5 cm³/mol. The first-order valence-corrected chi connectivity index (χ1v) is 7.36. The fourth-order valence-electron chi connectivity index (χ4n) is 1.85. The monoisotopic (exact) mass is 393 g/mol. The standard InChI is InChI=1S/C15H12BrN3O5/c1-24-14-5-3-10(16)7-11(14)15(21)18-17-8-9-2-4-13(20)12(6-9)19(22)23/h2-8,20H,1H3,(H,18,21)/b17-8-. The number of carbonyl (C=O) groups is 1. The molecular weight excluding hydrogens is 382 g/mol. The van der Waals surface area contributed by atoms with Crippen molar-refractivity contribution in [2.75, 3.05) is 7.11 Å². The van der Waals surface area contributed by atoms with Crippen LogP contribution in [0.3, 0.4) is 0 Å². The lowest BCUT2D eigenvalue weighted by atomic mass is 10.2. The molecule has 0 spiro atoms. The van der Waals surface area contributed by atoms with Crippen molar-refractivity contribution in [1.82, 2.24) is 5.43 Å². The van der Waals surface area contributed by atoms with E-state index in [9.17, 15) is 20.0 Å². The van der Waals surface area contributed by atoms with Crippen LogP contribution in [0, 0.1) is 10.1 Å². The number of nitro benzene ring substituents is 1. The van der Waals surface area contributed by atoms with E-state index in [-0.39, 0.29) is 5.56 Å². The quantitative estimate of drug-likeness (QED) is 0.460. The molecular formula is C15H12BrN3O5. The first kappa shape index (κ1) is 17.4. The number of ether oxygens (including phenoxy) is 1. The molecule has 2 aromatic rings. The zero-order valence-electron chi connectivity index (χ0n) is 12.4. The molecule has 0 saturated heterocycles. The second-order valence-corrected chi connectivity index (χ2v) is 5.46. The second kappa shape index (κ2) is 7.55. The van der Waals surface area contributed by atoms with Crippen LogP contribution in [-0.4, -0.2) is 29.3 Å². The van der Waals surface area contributed by atoms with Gasteiger partial charge in [0.25, 0.3) is 5.91 Å². The molecule has 0 heterocycles. The second-order valence-electron chi connectivity index (χ2n) is 4.55. The van der Waals surface area contributed by atoms with Crippen molar-refractivity contribution < 1.29 is 19.6 Å². The number of phenols is 1. The van der Waals surface area contributed by atoms with E-state index >= 15 is 0 Å². The summed E-state index contributed by atoms with van der Waals surface area (Å²) >= 11 is 3.27. The number of carbonyl (C=O) groups excluding carboxylic acids is 1. The van der Waals surface area contributed by atoms with Crippen molar-refractivity contribution in [3.05, 3.63) is 62.1 Å². The van der Waals surface area contributed by atoms with Gasteiger partial charge in [0.05, 0.1) is 23.8 Å². The maximum Gasteiger partial charge on any atom is 0.311 e. The molecule has 2 rings (SSSR count). The summed E-state index contributed by atoms with van der Waals surface area (Å²) in [5.41, 5.74) is 2.49. The molecule has 0 bridgehead atoms. The third-order valence-electron chi connectivity index (χ3n) is 2.98. The highest BCUT2D eigenvalue weighted by Gasteiger charge is 2.14. The number of halogens is 1. The molecule has 0 aromatic heterocycles. The van der Waals surface area contributed by atoms with E-state index < -0.39 is 22.3 Å². The Morgan fingerprint density at radius 1 is 1.38 bits per heavy atom. The molecule has 0 fully saturated rings. The number of hydrogen-bond donors (Lipinski definition) is 2. The first-order valence-electron chi connectivity index (χ1n) is 6.56. The molecule has 0 aliphatic heterocycles. The number of nitro groups is 1. The van der Waals surface area contributed by atoms with Crippen molar-refractivity contribution in [1.29, 1.82) is 0 Å². The van der Waals surface area contributed by atoms with Gasteiger partial charge in [0.15, 0.2) is 5.75 Å². The number of aromatic hydroxyl groups is 1. The third kappa shape index (κ3) is 4.07.